The number of pyridine rings is 1. The molecule has 2 aliphatic rings. The monoisotopic (exact) mass is 524 g/mol. The Hall–Kier alpha value is -4.59. The fraction of sp³-hybridized carbons (Fsp3) is 0.217. The van der Waals surface area contributed by atoms with Crippen LogP contribution in [0.3, 0.4) is 0 Å². The Labute approximate surface area is 213 Å². The third-order valence-electron chi connectivity index (χ3n) is 5.91. The number of aliphatic carboxylic acids is 1. The lowest BCUT2D eigenvalue weighted by atomic mass is 10.0. The highest BCUT2D eigenvalue weighted by atomic mass is 32.2. The number of thioether (sulfide) groups is 1. The molecule has 13 nitrogen and oxygen atoms in total. The van der Waals surface area contributed by atoms with Crippen LogP contribution in [0, 0.1) is 0 Å². The second-order valence-corrected chi connectivity index (χ2v) is 9.28. The van der Waals surface area contributed by atoms with Crippen LogP contribution in [0.15, 0.2) is 63.6 Å². The zero-order chi connectivity index (χ0) is 26.3. The molecule has 1 aromatic carbocycles. The van der Waals surface area contributed by atoms with Crippen LogP contribution in [0.5, 0.6) is 5.75 Å². The Morgan fingerprint density at radius 3 is 2.95 bits per heavy atom. The number of phenolic OH excluding ortho intramolecular Hbond substituents is 1. The number of nitrogens with one attached hydrogen (secondary N) is 1. The summed E-state index contributed by atoms with van der Waals surface area (Å²) in [5.41, 5.74) is 6.24. The van der Waals surface area contributed by atoms with Crippen LogP contribution in [0.2, 0.25) is 0 Å². The molecule has 0 aliphatic carbocycles. The number of anilines is 1. The maximum atomic E-state index is 13.0. The Bertz CT molecular complexity index is 1500. The van der Waals surface area contributed by atoms with E-state index in [1.807, 2.05) is 10.6 Å². The average Bonchev–Trinajstić information content (AvgIpc) is 3.30. The number of nitrogen functional groups attached to an aromatic ring is 1. The van der Waals surface area contributed by atoms with Crippen LogP contribution >= 0.6 is 11.8 Å². The van der Waals surface area contributed by atoms with Gasteiger partial charge in [-0.3, -0.25) is 14.5 Å². The number of carbonyl (C=O) groups excluding carboxylic acids is 3. The van der Waals surface area contributed by atoms with Gasteiger partial charge in [0.25, 0.3) is 17.8 Å². The van der Waals surface area contributed by atoms with Gasteiger partial charge < -0.3 is 35.3 Å². The maximum Gasteiger partial charge on any atom is 0.292 e. The standard InChI is InChI=1S/C23H20N6O7S/c1-35-27-16(14-9-36-23(24)25-14)19(31)26-17-20(32)29-18(22(33)34)12(10-37-21(17)29)8-28-6-2-3-11-7-13(30)4-5-15(11)28/h2-7,9,17,21H,8,10H2,1H3,(H4-,24,25,26,30,31,33,34)/b27-16-/t17?,21-/m1/s1. The summed E-state index contributed by atoms with van der Waals surface area (Å²) in [5, 5.41) is 28.2. The predicted octanol–water partition coefficient (Wildman–Crippen LogP) is -1.14. The van der Waals surface area contributed by atoms with Gasteiger partial charge in [-0.15, -0.1) is 11.8 Å². The Morgan fingerprint density at radius 2 is 2.24 bits per heavy atom. The van der Waals surface area contributed by atoms with E-state index in [0.717, 1.165) is 22.1 Å². The van der Waals surface area contributed by atoms with Crippen molar-refractivity contribution in [3.8, 4) is 5.75 Å². The van der Waals surface area contributed by atoms with Crippen molar-refractivity contribution in [3.63, 3.8) is 0 Å². The van der Waals surface area contributed by atoms with Gasteiger partial charge in [-0.05, 0) is 18.2 Å². The largest absolute Gasteiger partial charge is 0.543 e. The van der Waals surface area contributed by atoms with Crippen molar-refractivity contribution < 1.29 is 38.4 Å². The van der Waals surface area contributed by atoms with Gasteiger partial charge in [0, 0.05) is 23.5 Å². The molecule has 37 heavy (non-hydrogen) atoms. The fourth-order valence-corrected chi connectivity index (χ4v) is 5.64. The Morgan fingerprint density at radius 1 is 1.43 bits per heavy atom. The van der Waals surface area contributed by atoms with E-state index in [4.69, 9.17) is 15.0 Å². The molecule has 2 atom stereocenters. The number of nitrogens with zero attached hydrogens (tertiary/aromatic N) is 4. The molecule has 2 amide bonds. The van der Waals surface area contributed by atoms with Crippen LogP contribution < -0.4 is 20.7 Å². The number of benzene rings is 1. The number of nitrogens with two attached hydrogens (primary N) is 1. The van der Waals surface area contributed by atoms with E-state index in [2.05, 4.69) is 15.5 Å². The molecule has 0 radical (unpaired) electrons. The third-order valence-corrected chi connectivity index (χ3v) is 7.25. The van der Waals surface area contributed by atoms with Gasteiger partial charge in [-0.25, -0.2) is 0 Å². The van der Waals surface area contributed by atoms with Gasteiger partial charge in [0.1, 0.15) is 36.2 Å². The van der Waals surface area contributed by atoms with Crippen LogP contribution in [-0.4, -0.2) is 62.8 Å². The Kier molecular flexibility index (Phi) is 6.17. The molecule has 4 N–H and O–H groups in total. The number of β-lactam (4-membered cyclic amide) rings is 1. The highest BCUT2D eigenvalue weighted by Gasteiger charge is 2.53. The van der Waals surface area contributed by atoms with E-state index in [0.29, 0.717) is 5.57 Å². The summed E-state index contributed by atoms with van der Waals surface area (Å²) >= 11 is 1.31. The number of hydrogen-bond acceptors (Lipinski definition) is 11. The van der Waals surface area contributed by atoms with E-state index in [-0.39, 0.29) is 41.2 Å². The normalized spacial score (nSPS) is 19.4. The molecule has 1 saturated heterocycles. The SMILES string of the molecule is CO/N=C(\C(=O)NC1C(=O)N2C(C(=O)[O-])=C(C[n+]3cccc4cc(O)ccc43)CS[C@H]12)c1coc(N)n1. The molecule has 0 bridgehead atoms. The number of aromatic hydroxyl groups is 1. The minimum absolute atomic E-state index is 0.00909. The molecule has 0 spiro atoms. The van der Waals surface area contributed by atoms with E-state index < -0.39 is 29.2 Å². The summed E-state index contributed by atoms with van der Waals surface area (Å²) in [6, 6.07) is 7.29. The molecular weight excluding hydrogens is 504 g/mol. The first-order valence-corrected chi connectivity index (χ1v) is 12.0. The van der Waals surface area contributed by atoms with E-state index >= 15 is 0 Å². The average molecular weight is 525 g/mol. The van der Waals surface area contributed by atoms with Gasteiger partial charge in [-0.2, -0.15) is 9.55 Å². The van der Waals surface area contributed by atoms with E-state index in [1.165, 1.54) is 18.9 Å². The molecule has 1 unspecified atom stereocenters. The summed E-state index contributed by atoms with van der Waals surface area (Å²) in [4.78, 5) is 47.7. The number of carbonyl (C=O) groups is 3. The predicted molar refractivity (Wildman–Crippen MR) is 127 cm³/mol. The maximum absolute atomic E-state index is 13.0. The van der Waals surface area contributed by atoms with Crippen LogP contribution in [0.4, 0.5) is 6.01 Å². The molecule has 4 heterocycles. The molecular formula is C23H20N6O7S. The lowest BCUT2D eigenvalue weighted by Crippen LogP contribution is -2.71. The minimum Gasteiger partial charge on any atom is -0.543 e. The van der Waals surface area contributed by atoms with Gasteiger partial charge >= 0.3 is 0 Å². The highest BCUT2D eigenvalue weighted by molar-refractivity contribution is 8.00. The van der Waals surface area contributed by atoms with Gasteiger partial charge in [0.2, 0.25) is 5.52 Å². The highest BCUT2D eigenvalue weighted by Crippen LogP contribution is 2.40. The fourth-order valence-electron chi connectivity index (χ4n) is 4.31. The first-order valence-electron chi connectivity index (χ1n) is 10.9. The van der Waals surface area contributed by atoms with Gasteiger partial charge in [-0.1, -0.05) is 5.16 Å². The number of oxazole rings is 1. The first-order chi connectivity index (χ1) is 17.8. The van der Waals surface area contributed by atoms with E-state index in [9.17, 15) is 24.6 Å². The van der Waals surface area contributed by atoms with Crippen molar-refractivity contribution in [2.24, 2.45) is 5.16 Å². The molecule has 1 fully saturated rings. The second kappa shape index (κ2) is 9.46. The molecule has 14 heteroatoms. The summed E-state index contributed by atoms with van der Waals surface area (Å²) in [6.45, 7) is 0.185. The molecule has 190 valence electrons. The molecule has 5 rings (SSSR count). The smallest absolute Gasteiger partial charge is 0.292 e. The van der Waals surface area contributed by atoms with Crippen molar-refractivity contribution in [1.82, 2.24) is 15.2 Å². The van der Waals surface area contributed by atoms with Crippen molar-refractivity contribution in [2.75, 3.05) is 18.6 Å². The quantitative estimate of drug-likeness (QED) is 0.147. The van der Waals surface area contributed by atoms with Crippen molar-refractivity contribution in [2.45, 2.75) is 18.0 Å². The lowest BCUT2D eigenvalue weighted by molar-refractivity contribution is -0.663. The Balaban J connectivity index is 1.39. The van der Waals surface area contributed by atoms with Crippen molar-refractivity contribution in [3.05, 3.63) is 59.8 Å². The first kappa shape index (κ1) is 24.1. The molecule has 0 saturated carbocycles. The molecule has 2 aromatic heterocycles. The van der Waals surface area contributed by atoms with Gasteiger partial charge in [0.05, 0.1) is 17.1 Å². The number of hydrogen-bond donors (Lipinski definition) is 3. The lowest BCUT2D eigenvalue weighted by Gasteiger charge is -2.50. The number of phenols is 1. The topological polar surface area (TPSA) is 187 Å². The van der Waals surface area contributed by atoms with Crippen LogP contribution in [0.1, 0.15) is 5.69 Å². The number of fused-ring (bicyclic) bond motifs is 2. The zero-order valence-corrected chi connectivity index (χ0v) is 20.1. The summed E-state index contributed by atoms with van der Waals surface area (Å²) < 4.78 is 6.73. The van der Waals surface area contributed by atoms with Crippen LogP contribution in [0.25, 0.3) is 10.9 Å². The summed E-state index contributed by atoms with van der Waals surface area (Å²) in [7, 11) is 1.24. The summed E-state index contributed by atoms with van der Waals surface area (Å²) in [5.74, 6) is -2.47. The third kappa shape index (κ3) is 4.31. The van der Waals surface area contributed by atoms with Crippen molar-refractivity contribution in [1.29, 1.82) is 0 Å². The minimum atomic E-state index is -1.49. The second-order valence-electron chi connectivity index (χ2n) is 8.17. The number of oxime groups is 1. The number of rotatable bonds is 7. The number of aromatic nitrogens is 2. The van der Waals surface area contributed by atoms with E-state index in [1.54, 1.807) is 30.5 Å². The number of amides is 2. The zero-order valence-electron chi connectivity index (χ0n) is 19.3. The van der Waals surface area contributed by atoms with Crippen molar-refractivity contribution >= 4 is 52.2 Å². The summed E-state index contributed by atoms with van der Waals surface area (Å²) in [6.07, 6.45) is 2.90. The molecule has 2 aliphatic heterocycles. The molecule has 3 aromatic rings. The number of carboxylic acids is 1. The van der Waals surface area contributed by atoms with Crippen LogP contribution in [-0.2, 0) is 25.8 Å². The van der Waals surface area contributed by atoms with Gasteiger partial charge in [0.15, 0.2) is 18.5 Å². The number of carboxylic acid groups (broad SMARTS) is 1.